The minimum absolute atomic E-state index is 0.125. The Labute approximate surface area is 122 Å². The largest absolute Gasteiger partial charge is 0.380 e. The topological polar surface area (TPSA) is 24.5 Å². The molecule has 0 heterocycles. The first-order chi connectivity index (χ1) is 9.51. The lowest BCUT2D eigenvalue weighted by Gasteiger charge is -2.26. The minimum Gasteiger partial charge on any atom is -0.380 e. The molecule has 0 amide bonds. The quantitative estimate of drug-likeness (QED) is 0.741. The molecule has 0 saturated heterocycles. The van der Waals surface area contributed by atoms with Crippen molar-refractivity contribution in [2.75, 3.05) is 38.3 Å². The molecule has 0 radical (unpaired) electrons. The van der Waals surface area contributed by atoms with E-state index in [4.69, 9.17) is 4.74 Å². The van der Waals surface area contributed by atoms with Crippen molar-refractivity contribution in [1.82, 2.24) is 5.32 Å². The number of nitrogens with zero attached hydrogens (tertiary/aromatic N) is 1. The Morgan fingerprint density at radius 3 is 2.65 bits per heavy atom. The zero-order valence-electron chi connectivity index (χ0n) is 13.3. The van der Waals surface area contributed by atoms with Gasteiger partial charge in [0.1, 0.15) is 5.82 Å². The monoisotopic (exact) mass is 282 g/mol. The molecule has 1 N–H and O–H groups in total. The van der Waals surface area contributed by atoms with Gasteiger partial charge in [0.2, 0.25) is 0 Å². The Balaban J connectivity index is 2.99. The first-order valence-electron chi connectivity index (χ1n) is 7.33. The van der Waals surface area contributed by atoms with E-state index in [0.717, 1.165) is 30.9 Å². The van der Waals surface area contributed by atoms with Crippen LogP contribution in [0.15, 0.2) is 12.1 Å². The SMILES string of the molecule is CCNC(C)c1cc(F)c(C)cc1N(C)CCOCC. The molecule has 114 valence electrons. The van der Waals surface area contributed by atoms with E-state index in [2.05, 4.69) is 24.1 Å². The summed E-state index contributed by atoms with van der Waals surface area (Å²) in [5.74, 6) is -0.147. The fraction of sp³-hybridized carbons (Fsp3) is 0.625. The van der Waals surface area contributed by atoms with Crippen molar-refractivity contribution >= 4 is 5.69 Å². The van der Waals surface area contributed by atoms with Gasteiger partial charge < -0.3 is 15.0 Å². The van der Waals surface area contributed by atoms with Gasteiger partial charge in [0.15, 0.2) is 0 Å². The van der Waals surface area contributed by atoms with Crippen LogP contribution in [0.2, 0.25) is 0 Å². The van der Waals surface area contributed by atoms with Gasteiger partial charge in [-0.3, -0.25) is 0 Å². The Morgan fingerprint density at radius 1 is 1.35 bits per heavy atom. The fourth-order valence-corrected chi connectivity index (χ4v) is 2.24. The molecule has 1 atom stereocenters. The molecule has 0 aliphatic heterocycles. The molecule has 20 heavy (non-hydrogen) atoms. The van der Waals surface area contributed by atoms with Gasteiger partial charge in [0.05, 0.1) is 6.61 Å². The number of hydrogen-bond acceptors (Lipinski definition) is 3. The molecule has 1 rings (SSSR count). The molecule has 0 fully saturated rings. The lowest BCUT2D eigenvalue weighted by molar-refractivity contribution is 0.154. The van der Waals surface area contributed by atoms with Crippen LogP contribution in [0, 0.1) is 12.7 Å². The average molecular weight is 282 g/mol. The van der Waals surface area contributed by atoms with E-state index in [1.807, 2.05) is 20.0 Å². The molecule has 3 nitrogen and oxygen atoms in total. The second-order valence-corrected chi connectivity index (χ2v) is 5.06. The number of benzene rings is 1. The molecular formula is C16H27FN2O. The number of hydrogen-bond donors (Lipinski definition) is 1. The van der Waals surface area contributed by atoms with Crippen LogP contribution in [-0.2, 0) is 4.74 Å². The number of rotatable bonds is 8. The maximum Gasteiger partial charge on any atom is 0.126 e. The second-order valence-electron chi connectivity index (χ2n) is 5.06. The van der Waals surface area contributed by atoms with Gasteiger partial charge in [-0.25, -0.2) is 4.39 Å². The van der Waals surface area contributed by atoms with Crippen molar-refractivity contribution < 1.29 is 9.13 Å². The zero-order valence-corrected chi connectivity index (χ0v) is 13.3. The summed E-state index contributed by atoms with van der Waals surface area (Å²) in [5.41, 5.74) is 2.74. The van der Waals surface area contributed by atoms with Crippen LogP contribution in [0.1, 0.15) is 37.9 Å². The van der Waals surface area contributed by atoms with Gasteiger partial charge in [-0.05, 0) is 50.6 Å². The summed E-state index contributed by atoms with van der Waals surface area (Å²) in [5, 5.41) is 3.35. The Kier molecular flexibility index (Phi) is 6.96. The highest BCUT2D eigenvalue weighted by Crippen LogP contribution is 2.28. The van der Waals surface area contributed by atoms with Crippen LogP contribution in [0.3, 0.4) is 0 Å². The predicted octanol–water partition coefficient (Wildman–Crippen LogP) is 3.28. The number of nitrogens with one attached hydrogen (secondary N) is 1. The summed E-state index contributed by atoms with van der Waals surface area (Å²) < 4.78 is 19.3. The van der Waals surface area contributed by atoms with E-state index in [9.17, 15) is 4.39 Å². The first-order valence-corrected chi connectivity index (χ1v) is 7.33. The fourth-order valence-electron chi connectivity index (χ4n) is 2.24. The summed E-state index contributed by atoms with van der Waals surface area (Å²) in [7, 11) is 2.02. The molecule has 0 saturated carbocycles. The van der Waals surface area contributed by atoms with Crippen LogP contribution in [-0.4, -0.2) is 33.4 Å². The summed E-state index contributed by atoms with van der Waals surface area (Å²) in [4.78, 5) is 2.13. The summed E-state index contributed by atoms with van der Waals surface area (Å²) in [6.45, 7) is 11.0. The van der Waals surface area contributed by atoms with Crippen LogP contribution in [0.4, 0.5) is 10.1 Å². The lowest BCUT2D eigenvalue weighted by Crippen LogP contribution is -2.26. The predicted molar refractivity (Wildman–Crippen MR) is 83.0 cm³/mol. The molecule has 0 spiro atoms. The van der Waals surface area contributed by atoms with E-state index >= 15 is 0 Å². The van der Waals surface area contributed by atoms with Crippen molar-refractivity contribution in [3.05, 3.63) is 29.1 Å². The third-order valence-corrected chi connectivity index (χ3v) is 3.47. The summed E-state index contributed by atoms with van der Waals surface area (Å²) in [6, 6.07) is 3.69. The summed E-state index contributed by atoms with van der Waals surface area (Å²) in [6.07, 6.45) is 0. The Bertz CT molecular complexity index is 423. The van der Waals surface area contributed by atoms with Crippen molar-refractivity contribution in [3.63, 3.8) is 0 Å². The number of halogens is 1. The molecule has 0 aliphatic rings. The van der Waals surface area contributed by atoms with E-state index in [1.54, 1.807) is 13.0 Å². The highest BCUT2D eigenvalue weighted by molar-refractivity contribution is 5.56. The van der Waals surface area contributed by atoms with E-state index in [-0.39, 0.29) is 11.9 Å². The van der Waals surface area contributed by atoms with Crippen LogP contribution in [0.25, 0.3) is 0 Å². The number of aryl methyl sites for hydroxylation is 1. The zero-order chi connectivity index (χ0) is 15.1. The van der Waals surface area contributed by atoms with Crippen LogP contribution >= 0.6 is 0 Å². The molecule has 1 aromatic rings. The van der Waals surface area contributed by atoms with Crippen LogP contribution < -0.4 is 10.2 Å². The molecule has 4 heteroatoms. The Hall–Kier alpha value is -1.13. The second kappa shape index (κ2) is 8.22. The van der Waals surface area contributed by atoms with E-state index in [0.29, 0.717) is 12.2 Å². The molecule has 0 aromatic heterocycles. The third kappa shape index (κ3) is 4.46. The number of likely N-dealkylation sites (N-methyl/N-ethyl adjacent to an activating group) is 1. The van der Waals surface area contributed by atoms with Gasteiger partial charge in [-0.2, -0.15) is 0 Å². The Morgan fingerprint density at radius 2 is 2.05 bits per heavy atom. The highest BCUT2D eigenvalue weighted by atomic mass is 19.1. The maximum absolute atomic E-state index is 13.9. The maximum atomic E-state index is 13.9. The molecule has 1 unspecified atom stereocenters. The molecular weight excluding hydrogens is 255 g/mol. The van der Waals surface area contributed by atoms with Gasteiger partial charge >= 0.3 is 0 Å². The van der Waals surface area contributed by atoms with Crippen molar-refractivity contribution in [2.24, 2.45) is 0 Å². The van der Waals surface area contributed by atoms with Gasteiger partial charge in [0, 0.05) is 31.9 Å². The standard InChI is InChI=1S/C16H27FN2O/c1-6-18-13(4)14-11-15(17)12(3)10-16(14)19(5)8-9-20-7-2/h10-11,13,18H,6-9H2,1-5H3. The van der Waals surface area contributed by atoms with E-state index < -0.39 is 0 Å². The number of ether oxygens (including phenoxy) is 1. The van der Waals surface area contributed by atoms with Gasteiger partial charge in [-0.1, -0.05) is 6.92 Å². The van der Waals surface area contributed by atoms with Crippen molar-refractivity contribution in [2.45, 2.75) is 33.7 Å². The van der Waals surface area contributed by atoms with Gasteiger partial charge in [0.25, 0.3) is 0 Å². The van der Waals surface area contributed by atoms with Crippen molar-refractivity contribution in [3.8, 4) is 0 Å². The van der Waals surface area contributed by atoms with Crippen molar-refractivity contribution in [1.29, 1.82) is 0 Å². The smallest absolute Gasteiger partial charge is 0.126 e. The normalized spacial score (nSPS) is 12.5. The molecule has 0 bridgehead atoms. The summed E-state index contributed by atoms with van der Waals surface area (Å²) >= 11 is 0. The number of anilines is 1. The molecule has 0 aliphatic carbocycles. The molecule has 1 aromatic carbocycles. The first kappa shape index (κ1) is 16.9. The average Bonchev–Trinajstić information content (AvgIpc) is 2.41. The highest BCUT2D eigenvalue weighted by Gasteiger charge is 2.15. The third-order valence-electron chi connectivity index (χ3n) is 3.47. The van der Waals surface area contributed by atoms with E-state index in [1.165, 1.54) is 0 Å². The lowest BCUT2D eigenvalue weighted by atomic mass is 10.0. The van der Waals surface area contributed by atoms with Gasteiger partial charge in [-0.15, -0.1) is 0 Å². The minimum atomic E-state index is -0.147. The van der Waals surface area contributed by atoms with Crippen LogP contribution in [0.5, 0.6) is 0 Å².